The van der Waals surface area contributed by atoms with Gasteiger partial charge in [0.25, 0.3) is 0 Å². The normalized spacial score (nSPS) is 11.2. The largest absolute Gasteiger partial charge is 0.385 e. The summed E-state index contributed by atoms with van der Waals surface area (Å²) < 4.78 is 0. The first-order valence-electron chi connectivity index (χ1n) is 7.33. The lowest BCUT2D eigenvalue weighted by Crippen LogP contribution is -2.03. The molecular weight excluding hydrogens is 232 g/mol. The van der Waals surface area contributed by atoms with Crippen molar-refractivity contribution in [2.24, 2.45) is 0 Å². The lowest BCUT2D eigenvalue weighted by molar-refractivity contribution is 0.827. The van der Waals surface area contributed by atoms with E-state index in [2.05, 4.69) is 57.3 Å². The zero-order valence-electron chi connectivity index (χ0n) is 12.5. The summed E-state index contributed by atoms with van der Waals surface area (Å²) in [5, 5.41) is 4.72. The lowest BCUT2D eigenvalue weighted by Gasteiger charge is -2.14. The van der Waals surface area contributed by atoms with Crippen molar-refractivity contribution in [2.75, 3.05) is 11.9 Å². The third-order valence-corrected chi connectivity index (χ3v) is 3.42. The first-order chi connectivity index (χ1) is 9.17. The van der Waals surface area contributed by atoms with Crippen molar-refractivity contribution in [2.45, 2.75) is 46.5 Å². The van der Waals surface area contributed by atoms with Crippen LogP contribution in [-0.2, 0) is 6.42 Å². The molecule has 2 heteroatoms. The van der Waals surface area contributed by atoms with Crippen molar-refractivity contribution in [1.82, 2.24) is 4.98 Å². The minimum Gasteiger partial charge on any atom is -0.385 e. The van der Waals surface area contributed by atoms with Gasteiger partial charge in [-0.1, -0.05) is 45.4 Å². The van der Waals surface area contributed by atoms with Gasteiger partial charge in [0, 0.05) is 23.3 Å². The van der Waals surface area contributed by atoms with Gasteiger partial charge in [-0.15, -0.1) is 0 Å². The van der Waals surface area contributed by atoms with Gasteiger partial charge in [0.15, 0.2) is 0 Å². The molecule has 2 nitrogen and oxygen atoms in total. The Morgan fingerprint density at radius 1 is 1.21 bits per heavy atom. The van der Waals surface area contributed by atoms with E-state index in [1.807, 2.05) is 0 Å². The van der Waals surface area contributed by atoms with Crippen molar-refractivity contribution in [3.8, 4) is 0 Å². The van der Waals surface area contributed by atoms with E-state index in [1.54, 1.807) is 0 Å². The Hall–Kier alpha value is -1.57. The molecule has 2 rings (SSSR count). The third kappa shape index (κ3) is 2.89. The molecule has 102 valence electrons. The number of benzene rings is 1. The number of rotatable bonds is 5. The number of fused-ring (bicyclic) bond motifs is 1. The van der Waals surface area contributed by atoms with Gasteiger partial charge in [0.2, 0.25) is 0 Å². The molecule has 2 aromatic rings. The second kappa shape index (κ2) is 6.05. The van der Waals surface area contributed by atoms with E-state index < -0.39 is 0 Å². The summed E-state index contributed by atoms with van der Waals surface area (Å²) in [6.07, 6.45) is 2.25. The van der Waals surface area contributed by atoms with Gasteiger partial charge in [-0.25, -0.2) is 0 Å². The van der Waals surface area contributed by atoms with Crippen molar-refractivity contribution < 1.29 is 0 Å². The highest BCUT2D eigenvalue weighted by Crippen LogP contribution is 2.28. The topological polar surface area (TPSA) is 24.9 Å². The number of hydrogen-bond acceptors (Lipinski definition) is 2. The van der Waals surface area contributed by atoms with Crippen LogP contribution in [0.1, 0.15) is 51.3 Å². The summed E-state index contributed by atoms with van der Waals surface area (Å²) in [5.41, 5.74) is 4.93. The van der Waals surface area contributed by atoms with E-state index >= 15 is 0 Å². The summed E-state index contributed by atoms with van der Waals surface area (Å²) >= 11 is 0. The van der Waals surface area contributed by atoms with E-state index in [0.29, 0.717) is 5.92 Å². The maximum Gasteiger partial charge on any atom is 0.0758 e. The summed E-state index contributed by atoms with van der Waals surface area (Å²) in [6, 6.07) is 8.72. The van der Waals surface area contributed by atoms with Crippen LogP contribution in [0.25, 0.3) is 10.9 Å². The molecule has 0 radical (unpaired) electrons. The molecular formula is C17H24N2. The standard InChI is InChI=1S/C17H24N2/c1-5-8-13-9-7-10-14-16(18-6-2)11-15(12(3)4)19-17(13)14/h7,9-12H,5-6,8H2,1-4H3,(H,18,19). The molecule has 0 unspecified atom stereocenters. The maximum absolute atomic E-state index is 4.90. The van der Waals surface area contributed by atoms with Crippen LogP contribution in [0, 0.1) is 0 Å². The second-order valence-electron chi connectivity index (χ2n) is 5.34. The average Bonchev–Trinajstić information content (AvgIpc) is 2.40. The second-order valence-corrected chi connectivity index (χ2v) is 5.34. The van der Waals surface area contributed by atoms with Gasteiger partial charge in [-0.3, -0.25) is 4.98 Å². The lowest BCUT2D eigenvalue weighted by atomic mass is 10.0. The first kappa shape index (κ1) is 13.9. The van der Waals surface area contributed by atoms with E-state index in [9.17, 15) is 0 Å². The molecule has 1 aromatic heterocycles. The third-order valence-electron chi connectivity index (χ3n) is 3.42. The van der Waals surface area contributed by atoms with Gasteiger partial charge in [-0.05, 0) is 30.9 Å². The van der Waals surface area contributed by atoms with E-state index in [4.69, 9.17) is 4.98 Å². The van der Waals surface area contributed by atoms with Gasteiger partial charge < -0.3 is 5.32 Å². The zero-order valence-corrected chi connectivity index (χ0v) is 12.5. The summed E-state index contributed by atoms with van der Waals surface area (Å²) in [7, 11) is 0. The Morgan fingerprint density at radius 2 is 2.00 bits per heavy atom. The van der Waals surface area contributed by atoms with Crippen LogP contribution in [0.3, 0.4) is 0 Å². The smallest absolute Gasteiger partial charge is 0.0758 e. The van der Waals surface area contributed by atoms with Crippen LogP contribution >= 0.6 is 0 Å². The van der Waals surface area contributed by atoms with Crippen molar-refractivity contribution in [3.05, 3.63) is 35.5 Å². The molecule has 0 aliphatic heterocycles. The molecule has 0 bridgehead atoms. The van der Waals surface area contributed by atoms with Gasteiger partial charge in [-0.2, -0.15) is 0 Å². The highest BCUT2D eigenvalue weighted by atomic mass is 14.9. The Labute approximate surface area is 116 Å². The molecule has 1 N–H and O–H groups in total. The molecule has 1 aromatic carbocycles. The molecule has 0 amide bonds. The van der Waals surface area contributed by atoms with Crippen molar-refractivity contribution in [1.29, 1.82) is 0 Å². The Morgan fingerprint density at radius 3 is 2.63 bits per heavy atom. The fourth-order valence-electron chi connectivity index (χ4n) is 2.43. The summed E-state index contributed by atoms with van der Waals surface area (Å²) in [4.78, 5) is 4.90. The van der Waals surface area contributed by atoms with E-state index in [0.717, 1.165) is 19.4 Å². The Balaban J connectivity index is 2.67. The highest BCUT2D eigenvalue weighted by molar-refractivity contribution is 5.93. The minimum atomic E-state index is 0.455. The highest BCUT2D eigenvalue weighted by Gasteiger charge is 2.10. The van der Waals surface area contributed by atoms with Crippen LogP contribution in [0.4, 0.5) is 5.69 Å². The molecule has 0 saturated carbocycles. The molecule has 1 heterocycles. The van der Waals surface area contributed by atoms with Crippen molar-refractivity contribution >= 4 is 16.6 Å². The minimum absolute atomic E-state index is 0.455. The number of hydrogen-bond donors (Lipinski definition) is 1. The van der Waals surface area contributed by atoms with Gasteiger partial charge >= 0.3 is 0 Å². The number of nitrogens with one attached hydrogen (secondary N) is 1. The summed E-state index contributed by atoms with van der Waals surface area (Å²) in [5.74, 6) is 0.455. The quantitative estimate of drug-likeness (QED) is 0.835. The maximum atomic E-state index is 4.90. The molecule has 0 saturated heterocycles. The fourth-order valence-corrected chi connectivity index (χ4v) is 2.43. The van der Waals surface area contributed by atoms with Crippen LogP contribution in [0.5, 0.6) is 0 Å². The van der Waals surface area contributed by atoms with Crippen LogP contribution in [-0.4, -0.2) is 11.5 Å². The molecule has 0 fully saturated rings. The molecule has 0 aliphatic rings. The molecule has 0 atom stereocenters. The van der Waals surface area contributed by atoms with Crippen LogP contribution in [0.15, 0.2) is 24.3 Å². The number of nitrogens with zero attached hydrogens (tertiary/aromatic N) is 1. The molecule has 0 aliphatic carbocycles. The number of aryl methyl sites for hydroxylation is 1. The Kier molecular flexibility index (Phi) is 4.41. The van der Waals surface area contributed by atoms with E-state index in [-0.39, 0.29) is 0 Å². The predicted octanol–water partition coefficient (Wildman–Crippen LogP) is 4.74. The zero-order chi connectivity index (χ0) is 13.8. The number of pyridine rings is 1. The predicted molar refractivity (Wildman–Crippen MR) is 84.0 cm³/mol. The van der Waals surface area contributed by atoms with Crippen LogP contribution < -0.4 is 5.32 Å². The first-order valence-corrected chi connectivity index (χ1v) is 7.33. The number of aromatic nitrogens is 1. The average molecular weight is 256 g/mol. The van der Waals surface area contributed by atoms with E-state index in [1.165, 1.54) is 27.8 Å². The molecule has 19 heavy (non-hydrogen) atoms. The SMILES string of the molecule is CCCc1cccc2c(NCC)cc(C(C)C)nc12. The Bertz CT molecular complexity index is 558. The van der Waals surface area contributed by atoms with Gasteiger partial charge in [0.05, 0.1) is 5.52 Å². The fraction of sp³-hybridized carbons (Fsp3) is 0.471. The summed E-state index contributed by atoms with van der Waals surface area (Å²) in [6.45, 7) is 9.70. The van der Waals surface area contributed by atoms with Crippen molar-refractivity contribution in [3.63, 3.8) is 0 Å². The number of anilines is 1. The van der Waals surface area contributed by atoms with Crippen LogP contribution in [0.2, 0.25) is 0 Å². The molecule has 0 spiro atoms. The number of para-hydroxylation sites is 1. The van der Waals surface area contributed by atoms with Gasteiger partial charge in [0.1, 0.15) is 0 Å². The monoisotopic (exact) mass is 256 g/mol.